The van der Waals surface area contributed by atoms with E-state index in [-0.39, 0.29) is 0 Å². The first kappa shape index (κ1) is 15.6. The van der Waals surface area contributed by atoms with Gasteiger partial charge in [-0.15, -0.1) is 0 Å². The Balaban J connectivity index is 2.14. The van der Waals surface area contributed by atoms with Crippen LogP contribution in [-0.2, 0) is 13.0 Å². The molecular formula is C17H31N3. The molecule has 0 saturated heterocycles. The van der Waals surface area contributed by atoms with Gasteiger partial charge in [-0.05, 0) is 51.1 Å². The van der Waals surface area contributed by atoms with E-state index in [4.69, 9.17) is 0 Å². The summed E-state index contributed by atoms with van der Waals surface area (Å²) < 4.78 is 2.17. The van der Waals surface area contributed by atoms with E-state index >= 15 is 0 Å². The summed E-state index contributed by atoms with van der Waals surface area (Å²) in [7, 11) is 0. The fourth-order valence-corrected chi connectivity index (χ4v) is 3.66. The summed E-state index contributed by atoms with van der Waals surface area (Å²) in [5.74, 6) is 0. The van der Waals surface area contributed by atoms with Gasteiger partial charge in [0.1, 0.15) is 0 Å². The number of hydrogen-bond acceptors (Lipinski definition) is 2. The molecule has 1 N–H and O–H groups in total. The number of nitrogens with one attached hydrogen (secondary N) is 1. The Morgan fingerprint density at radius 3 is 2.65 bits per heavy atom. The number of aromatic nitrogens is 2. The average molecular weight is 277 g/mol. The van der Waals surface area contributed by atoms with Crippen molar-refractivity contribution < 1.29 is 0 Å². The molecule has 3 heteroatoms. The second kappa shape index (κ2) is 6.75. The predicted molar refractivity (Wildman–Crippen MR) is 85.0 cm³/mol. The van der Waals surface area contributed by atoms with Gasteiger partial charge in [0.05, 0.1) is 5.69 Å². The standard InChI is InChI=1S/C17H31N3/c1-5-11-18-16(17(4)9-7-8-10-17)13-15-12-14(3)19-20(15)6-2/h12,16,18H,5-11,13H2,1-4H3. The normalized spacial score (nSPS) is 19.4. The molecule has 1 saturated carbocycles. The van der Waals surface area contributed by atoms with Gasteiger partial charge in [0.15, 0.2) is 0 Å². The summed E-state index contributed by atoms with van der Waals surface area (Å²) in [6.45, 7) is 11.1. The molecule has 114 valence electrons. The van der Waals surface area contributed by atoms with Gasteiger partial charge < -0.3 is 5.32 Å². The predicted octanol–water partition coefficient (Wildman–Crippen LogP) is 3.70. The van der Waals surface area contributed by atoms with Crippen LogP contribution in [0, 0.1) is 12.3 Å². The highest BCUT2D eigenvalue weighted by atomic mass is 15.3. The van der Waals surface area contributed by atoms with Crippen LogP contribution in [0.4, 0.5) is 0 Å². The lowest BCUT2D eigenvalue weighted by molar-refractivity contribution is 0.217. The summed E-state index contributed by atoms with van der Waals surface area (Å²) in [6, 6.07) is 2.86. The lowest BCUT2D eigenvalue weighted by Crippen LogP contribution is -2.44. The van der Waals surface area contributed by atoms with Crippen LogP contribution in [0.5, 0.6) is 0 Å². The van der Waals surface area contributed by atoms with Gasteiger partial charge in [-0.2, -0.15) is 5.10 Å². The Labute approximate surface area is 124 Å². The van der Waals surface area contributed by atoms with Gasteiger partial charge in [0, 0.05) is 24.7 Å². The average Bonchev–Trinajstić information content (AvgIpc) is 3.01. The fraction of sp³-hybridized carbons (Fsp3) is 0.824. The molecule has 0 bridgehead atoms. The van der Waals surface area contributed by atoms with E-state index in [1.807, 2.05) is 0 Å². The second-order valence-electron chi connectivity index (χ2n) is 6.66. The highest BCUT2D eigenvalue weighted by molar-refractivity contribution is 5.12. The largest absolute Gasteiger partial charge is 0.313 e. The number of aryl methyl sites for hydroxylation is 2. The Bertz CT molecular complexity index is 416. The van der Waals surface area contributed by atoms with Crippen molar-refractivity contribution in [2.45, 2.75) is 78.8 Å². The van der Waals surface area contributed by atoms with E-state index in [1.165, 1.54) is 37.8 Å². The lowest BCUT2D eigenvalue weighted by Gasteiger charge is -2.35. The van der Waals surface area contributed by atoms with Crippen molar-refractivity contribution >= 4 is 0 Å². The molecule has 1 aliphatic rings. The monoisotopic (exact) mass is 277 g/mol. The summed E-state index contributed by atoms with van der Waals surface area (Å²) in [6.07, 6.45) is 7.85. The molecule has 0 radical (unpaired) electrons. The van der Waals surface area contributed by atoms with Crippen molar-refractivity contribution in [3.63, 3.8) is 0 Å². The third-order valence-corrected chi connectivity index (χ3v) is 4.93. The molecule has 1 unspecified atom stereocenters. The molecule has 1 aromatic rings. The van der Waals surface area contributed by atoms with E-state index in [0.29, 0.717) is 11.5 Å². The van der Waals surface area contributed by atoms with Crippen LogP contribution in [0.15, 0.2) is 6.07 Å². The molecule has 0 aliphatic heterocycles. The molecular weight excluding hydrogens is 246 g/mol. The number of hydrogen-bond donors (Lipinski definition) is 1. The first-order valence-electron chi connectivity index (χ1n) is 8.35. The van der Waals surface area contributed by atoms with Crippen LogP contribution >= 0.6 is 0 Å². The zero-order valence-electron chi connectivity index (χ0n) is 13.7. The maximum Gasteiger partial charge on any atom is 0.0596 e. The van der Waals surface area contributed by atoms with Gasteiger partial charge >= 0.3 is 0 Å². The third-order valence-electron chi connectivity index (χ3n) is 4.93. The van der Waals surface area contributed by atoms with Crippen LogP contribution < -0.4 is 5.32 Å². The van der Waals surface area contributed by atoms with Crippen molar-refractivity contribution in [2.24, 2.45) is 5.41 Å². The molecule has 0 amide bonds. The molecule has 1 atom stereocenters. The third kappa shape index (κ3) is 3.43. The van der Waals surface area contributed by atoms with Crippen LogP contribution in [0.2, 0.25) is 0 Å². The van der Waals surface area contributed by atoms with Crippen LogP contribution in [-0.4, -0.2) is 22.4 Å². The van der Waals surface area contributed by atoms with E-state index in [0.717, 1.165) is 25.2 Å². The SMILES string of the molecule is CCCNC(Cc1cc(C)nn1CC)C1(C)CCCC1. The minimum atomic E-state index is 0.464. The second-order valence-corrected chi connectivity index (χ2v) is 6.66. The topological polar surface area (TPSA) is 29.9 Å². The quantitative estimate of drug-likeness (QED) is 0.823. The van der Waals surface area contributed by atoms with Gasteiger partial charge in [0.25, 0.3) is 0 Å². The Morgan fingerprint density at radius 1 is 1.35 bits per heavy atom. The van der Waals surface area contributed by atoms with Gasteiger partial charge in [0.2, 0.25) is 0 Å². The molecule has 1 aliphatic carbocycles. The zero-order valence-corrected chi connectivity index (χ0v) is 13.7. The van der Waals surface area contributed by atoms with Gasteiger partial charge in [-0.1, -0.05) is 26.7 Å². The van der Waals surface area contributed by atoms with Crippen molar-refractivity contribution in [3.8, 4) is 0 Å². The highest BCUT2D eigenvalue weighted by Crippen LogP contribution is 2.41. The fourth-order valence-electron chi connectivity index (χ4n) is 3.66. The van der Waals surface area contributed by atoms with Crippen LogP contribution in [0.1, 0.15) is 64.3 Å². The summed E-state index contributed by atoms with van der Waals surface area (Å²) in [5, 5.41) is 8.42. The van der Waals surface area contributed by atoms with Crippen molar-refractivity contribution in [1.82, 2.24) is 15.1 Å². The number of nitrogens with zero attached hydrogens (tertiary/aromatic N) is 2. The van der Waals surface area contributed by atoms with Crippen molar-refractivity contribution in [2.75, 3.05) is 6.54 Å². The van der Waals surface area contributed by atoms with Gasteiger partial charge in [-0.3, -0.25) is 4.68 Å². The lowest BCUT2D eigenvalue weighted by atomic mass is 9.78. The molecule has 0 aromatic carbocycles. The van der Waals surface area contributed by atoms with Gasteiger partial charge in [-0.25, -0.2) is 0 Å². The van der Waals surface area contributed by atoms with Crippen molar-refractivity contribution in [1.29, 1.82) is 0 Å². The molecule has 1 aromatic heterocycles. The van der Waals surface area contributed by atoms with E-state index in [1.54, 1.807) is 0 Å². The smallest absolute Gasteiger partial charge is 0.0596 e. The highest BCUT2D eigenvalue weighted by Gasteiger charge is 2.37. The number of rotatable bonds is 7. The minimum Gasteiger partial charge on any atom is -0.313 e. The maximum absolute atomic E-state index is 4.60. The Morgan fingerprint density at radius 2 is 2.05 bits per heavy atom. The van der Waals surface area contributed by atoms with E-state index in [9.17, 15) is 0 Å². The molecule has 3 nitrogen and oxygen atoms in total. The molecule has 2 rings (SSSR count). The Kier molecular flexibility index (Phi) is 5.25. The van der Waals surface area contributed by atoms with Crippen LogP contribution in [0.25, 0.3) is 0 Å². The van der Waals surface area contributed by atoms with Crippen molar-refractivity contribution in [3.05, 3.63) is 17.5 Å². The zero-order chi connectivity index (χ0) is 14.6. The molecule has 20 heavy (non-hydrogen) atoms. The van der Waals surface area contributed by atoms with Crippen LogP contribution in [0.3, 0.4) is 0 Å². The first-order chi connectivity index (χ1) is 9.59. The molecule has 0 spiro atoms. The summed E-state index contributed by atoms with van der Waals surface area (Å²) in [4.78, 5) is 0. The Hall–Kier alpha value is -0.830. The molecule has 1 fully saturated rings. The molecule has 1 heterocycles. The first-order valence-corrected chi connectivity index (χ1v) is 8.35. The van der Waals surface area contributed by atoms with E-state index < -0.39 is 0 Å². The van der Waals surface area contributed by atoms with E-state index in [2.05, 4.69) is 48.9 Å². The maximum atomic E-state index is 4.60. The summed E-state index contributed by atoms with van der Waals surface area (Å²) in [5.41, 5.74) is 3.01. The minimum absolute atomic E-state index is 0.464. The summed E-state index contributed by atoms with van der Waals surface area (Å²) >= 11 is 0.